The zero-order valence-electron chi connectivity index (χ0n) is 36.4. The molecule has 15 heteroatoms. The van der Waals surface area contributed by atoms with E-state index >= 15 is 0 Å². The summed E-state index contributed by atoms with van der Waals surface area (Å²) >= 11 is 0. The van der Waals surface area contributed by atoms with Crippen LogP contribution in [0.4, 0.5) is 0 Å². The molecule has 0 spiro atoms. The Morgan fingerprint density at radius 1 is 0.533 bits per heavy atom. The highest BCUT2D eigenvalue weighted by Crippen LogP contribution is 2.26. The third-order valence-electron chi connectivity index (χ3n) is 10.9. The summed E-state index contributed by atoms with van der Waals surface area (Å²) in [5, 5.41) is 71.8. The third-order valence-corrected chi connectivity index (χ3v) is 10.9. The maximum absolute atomic E-state index is 12.9. The number of unbranched alkanes of at least 4 members (excludes halogenated alkanes) is 16. The third kappa shape index (κ3) is 22.4. The molecule has 0 aromatic rings. The largest absolute Gasteiger partial charge is 0.462 e. The SMILES string of the molecule is CCCCCCCC/C=C/C/C=C/CCCCC(=O)O[C@H](COC(=O)CCCCCCCCCCC)CO[C@@H]1O[C@H](CO[C@@H]2O[C@H](CO)[C@H](O)C(O)C2O)[C@H](O)C(O)C1O. The van der Waals surface area contributed by atoms with E-state index in [4.69, 9.17) is 28.4 Å². The van der Waals surface area contributed by atoms with Gasteiger partial charge in [-0.15, -0.1) is 0 Å². The summed E-state index contributed by atoms with van der Waals surface area (Å²) in [4.78, 5) is 25.5. The van der Waals surface area contributed by atoms with Gasteiger partial charge in [-0.3, -0.25) is 9.59 Å². The Morgan fingerprint density at radius 2 is 1.00 bits per heavy atom. The summed E-state index contributed by atoms with van der Waals surface area (Å²) in [5.41, 5.74) is 0. The van der Waals surface area contributed by atoms with E-state index in [0.717, 1.165) is 44.9 Å². The summed E-state index contributed by atoms with van der Waals surface area (Å²) in [5.74, 6) is -0.965. The second kappa shape index (κ2) is 33.5. The molecule has 2 aliphatic heterocycles. The van der Waals surface area contributed by atoms with Crippen molar-refractivity contribution in [3.05, 3.63) is 24.3 Å². The van der Waals surface area contributed by atoms with Crippen LogP contribution in [-0.4, -0.2) is 142 Å². The number of hydrogen-bond acceptors (Lipinski definition) is 15. The molecule has 15 nitrogen and oxygen atoms in total. The molecule has 0 aromatic heterocycles. The van der Waals surface area contributed by atoms with Crippen molar-refractivity contribution in [2.24, 2.45) is 0 Å². The lowest BCUT2D eigenvalue weighted by Crippen LogP contribution is -2.61. The molecule has 0 radical (unpaired) electrons. The number of carbonyl (C=O) groups is 2. The maximum atomic E-state index is 12.9. The van der Waals surface area contributed by atoms with Crippen molar-refractivity contribution in [3.8, 4) is 0 Å². The fourth-order valence-corrected chi connectivity index (χ4v) is 7.07. The summed E-state index contributed by atoms with van der Waals surface area (Å²) in [6, 6.07) is 0. The first-order valence-corrected chi connectivity index (χ1v) is 22.9. The first kappa shape index (κ1) is 54.1. The predicted molar refractivity (Wildman–Crippen MR) is 224 cm³/mol. The zero-order chi connectivity index (χ0) is 44.0. The highest BCUT2D eigenvalue weighted by atomic mass is 16.7. The molecule has 2 aliphatic rings. The van der Waals surface area contributed by atoms with Crippen molar-refractivity contribution in [3.63, 3.8) is 0 Å². The van der Waals surface area contributed by atoms with Gasteiger partial charge in [-0.25, -0.2) is 0 Å². The van der Waals surface area contributed by atoms with Crippen LogP contribution in [0.5, 0.6) is 0 Å². The molecular weight excluding hydrogens is 780 g/mol. The summed E-state index contributed by atoms with van der Waals surface area (Å²) < 4.78 is 33.4. The topological polar surface area (TPSA) is 231 Å². The Labute approximate surface area is 358 Å². The van der Waals surface area contributed by atoms with E-state index in [0.29, 0.717) is 12.8 Å². The van der Waals surface area contributed by atoms with E-state index in [1.165, 1.54) is 70.6 Å². The van der Waals surface area contributed by atoms with Crippen LogP contribution in [0.15, 0.2) is 24.3 Å². The minimum absolute atomic E-state index is 0.125. The van der Waals surface area contributed by atoms with E-state index in [2.05, 4.69) is 38.2 Å². The number of hydrogen-bond donors (Lipinski definition) is 7. The lowest BCUT2D eigenvalue weighted by molar-refractivity contribution is -0.332. The van der Waals surface area contributed by atoms with Gasteiger partial charge in [0.05, 0.1) is 19.8 Å². The van der Waals surface area contributed by atoms with Crippen LogP contribution in [0.3, 0.4) is 0 Å². The Balaban J connectivity index is 1.87. The van der Waals surface area contributed by atoms with Crippen LogP contribution in [0.1, 0.15) is 155 Å². The molecule has 2 rings (SSSR count). The Hall–Kier alpha value is -2.02. The fraction of sp³-hybridized carbons (Fsp3) is 0.867. The zero-order valence-corrected chi connectivity index (χ0v) is 36.4. The van der Waals surface area contributed by atoms with Crippen LogP contribution in [0.2, 0.25) is 0 Å². The monoisotopic (exact) mass is 861 g/mol. The smallest absolute Gasteiger partial charge is 0.306 e. The van der Waals surface area contributed by atoms with Crippen molar-refractivity contribution >= 4 is 11.9 Å². The van der Waals surface area contributed by atoms with E-state index < -0.39 is 99.3 Å². The van der Waals surface area contributed by atoms with E-state index in [1.807, 2.05) is 0 Å². The van der Waals surface area contributed by atoms with Gasteiger partial charge in [-0.05, 0) is 44.9 Å². The molecule has 0 bridgehead atoms. The molecule has 11 atom stereocenters. The second-order valence-corrected chi connectivity index (χ2v) is 16.2. The van der Waals surface area contributed by atoms with E-state index in [9.17, 15) is 45.3 Å². The molecule has 0 aromatic carbocycles. The molecule has 4 unspecified atom stereocenters. The number of esters is 2. The molecule has 2 fully saturated rings. The van der Waals surface area contributed by atoms with E-state index in [-0.39, 0.29) is 19.4 Å². The Morgan fingerprint density at radius 3 is 1.58 bits per heavy atom. The number of aliphatic hydroxyl groups excluding tert-OH is 7. The molecule has 7 N–H and O–H groups in total. The molecule has 0 aliphatic carbocycles. The highest BCUT2D eigenvalue weighted by Gasteiger charge is 2.47. The summed E-state index contributed by atoms with van der Waals surface area (Å²) in [7, 11) is 0. The van der Waals surface area contributed by atoms with Gasteiger partial charge in [-0.1, -0.05) is 122 Å². The van der Waals surface area contributed by atoms with Crippen LogP contribution >= 0.6 is 0 Å². The van der Waals surface area contributed by atoms with Gasteiger partial charge in [0.2, 0.25) is 0 Å². The molecule has 350 valence electrons. The molecule has 60 heavy (non-hydrogen) atoms. The van der Waals surface area contributed by atoms with Gasteiger partial charge in [-0.2, -0.15) is 0 Å². The molecule has 2 saturated heterocycles. The Kier molecular flexibility index (Phi) is 30.2. The minimum atomic E-state index is -1.77. The number of carbonyl (C=O) groups excluding carboxylic acids is 2. The molecule has 2 heterocycles. The fourth-order valence-electron chi connectivity index (χ4n) is 7.07. The van der Waals surface area contributed by atoms with Crippen molar-refractivity contribution in [1.29, 1.82) is 0 Å². The van der Waals surface area contributed by atoms with Crippen LogP contribution in [0.25, 0.3) is 0 Å². The van der Waals surface area contributed by atoms with Gasteiger partial charge in [0.1, 0.15) is 55.4 Å². The predicted octanol–water partition coefficient (Wildman–Crippen LogP) is 4.82. The lowest BCUT2D eigenvalue weighted by Gasteiger charge is -2.42. The minimum Gasteiger partial charge on any atom is -0.462 e. The van der Waals surface area contributed by atoms with Gasteiger partial charge < -0.3 is 64.2 Å². The number of aliphatic hydroxyl groups is 7. The van der Waals surface area contributed by atoms with Crippen LogP contribution in [-0.2, 0) is 38.0 Å². The van der Waals surface area contributed by atoms with Crippen molar-refractivity contribution in [2.45, 2.75) is 223 Å². The summed E-state index contributed by atoms with van der Waals surface area (Å²) in [6.45, 7) is 2.50. The van der Waals surface area contributed by atoms with Gasteiger partial charge >= 0.3 is 11.9 Å². The molecular formula is C45H80O15. The molecule has 0 saturated carbocycles. The van der Waals surface area contributed by atoms with Gasteiger partial charge in [0.15, 0.2) is 18.7 Å². The van der Waals surface area contributed by atoms with Crippen molar-refractivity contribution in [1.82, 2.24) is 0 Å². The van der Waals surface area contributed by atoms with Crippen molar-refractivity contribution in [2.75, 3.05) is 26.4 Å². The van der Waals surface area contributed by atoms with Gasteiger partial charge in [0.25, 0.3) is 0 Å². The van der Waals surface area contributed by atoms with Crippen LogP contribution in [0, 0.1) is 0 Å². The number of ether oxygens (including phenoxy) is 6. The normalized spacial score (nSPS) is 27.8. The first-order valence-electron chi connectivity index (χ1n) is 22.9. The average Bonchev–Trinajstić information content (AvgIpc) is 3.24. The van der Waals surface area contributed by atoms with Crippen LogP contribution < -0.4 is 0 Å². The number of rotatable bonds is 34. The maximum Gasteiger partial charge on any atom is 0.306 e. The molecule has 0 amide bonds. The van der Waals surface area contributed by atoms with Crippen molar-refractivity contribution < 1.29 is 73.8 Å². The lowest BCUT2D eigenvalue weighted by atomic mass is 9.98. The second-order valence-electron chi connectivity index (χ2n) is 16.2. The Bertz CT molecular complexity index is 1150. The first-order chi connectivity index (χ1) is 29.0. The quantitative estimate of drug-likeness (QED) is 0.0261. The highest BCUT2D eigenvalue weighted by molar-refractivity contribution is 5.70. The number of allylic oxidation sites excluding steroid dienone is 4. The van der Waals surface area contributed by atoms with Gasteiger partial charge in [0, 0.05) is 12.8 Å². The average molecular weight is 861 g/mol. The standard InChI is InChI=1S/C45H80O15/c1-3-5-7-9-11-13-14-15-16-17-18-20-22-24-26-28-37(48)58-33(30-55-36(47)27-25-23-21-19-12-10-8-6-4-2)31-56-44-43(54)41(52)39(50)35(60-44)32-57-45-42(53)40(51)38(49)34(29-46)59-45/h15-16,18,20,33-35,38-46,49-54H,3-14,17,19,21-32H2,1-2H3/b16-15+,20-18+/t33-,34-,35-,38+,39+,40?,41?,42?,43?,44-,45-/m1/s1. The summed E-state index contributed by atoms with van der Waals surface area (Å²) in [6.07, 6.45) is 13.8. The van der Waals surface area contributed by atoms with E-state index in [1.54, 1.807) is 0 Å².